The second-order valence-corrected chi connectivity index (χ2v) is 5.52. The van der Waals surface area contributed by atoms with Crippen LogP contribution in [0, 0.1) is 0 Å². The third-order valence-electron chi connectivity index (χ3n) is 4.13. The van der Waals surface area contributed by atoms with E-state index < -0.39 is 12.6 Å². The highest BCUT2D eigenvalue weighted by molar-refractivity contribution is 5.84. The molecule has 0 spiro atoms. The van der Waals surface area contributed by atoms with Crippen molar-refractivity contribution in [2.75, 3.05) is 6.61 Å². The highest BCUT2D eigenvalue weighted by Crippen LogP contribution is 2.32. The Morgan fingerprint density at radius 2 is 2.00 bits per heavy atom. The van der Waals surface area contributed by atoms with Crippen molar-refractivity contribution in [3.63, 3.8) is 0 Å². The molecule has 0 saturated heterocycles. The van der Waals surface area contributed by atoms with Gasteiger partial charge in [-0.1, -0.05) is 6.92 Å². The van der Waals surface area contributed by atoms with Gasteiger partial charge >= 0.3 is 5.63 Å². The molecule has 22 heavy (non-hydrogen) atoms. The molecule has 1 aromatic heterocycles. The molecule has 0 bridgehead atoms. The Hall–Kier alpha value is -2.30. The molecule has 0 fully saturated rings. The van der Waals surface area contributed by atoms with Gasteiger partial charge in [0.15, 0.2) is 0 Å². The van der Waals surface area contributed by atoms with E-state index in [2.05, 4.69) is 0 Å². The molecule has 0 unspecified atom stereocenters. The van der Waals surface area contributed by atoms with Gasteiger partial charge in [0.1, 0.15) is 17.9 Å². The first kappa shape index (κ1) is 14.6. The Labute approximate surface area is 127 Å². The fourth-order valence-corrected chi connectivity index (χ4v) is 3.06. The van der Waals surface area contributed by atoms with Crippen molar-refractivity contribution in [3.8, 4) is 5.75 Å². The van der Waals surface area contributed by atoms with Crippen LogP contribution in [0.4, 0.5) is 0 Å². The lowest BCUT2D eigenvalue weighted by molar-refractivity contribution is -0.307. The van der Waals surface area contributed by atoms with Gasteiger partial charge in [-0.2, -0.15) is 0 Å². The molecule has 116 valence electrons. The number of ether oxygens (including phenoxy) is 1. The van der Waals surface area contributed by atoms with Crippen LogP contribution in [-0.2, 0) is 24.1 Å². The van der Waals surface area contributed by atoms with E-state index in [1.165, 1.54) is 0 Å². The van der Waals surface area contributed by atoms with E-state index >= 15 is 0 Å². The molecule has 0 radical (unpaired) electrons. The number of rotatable bonds is 4. The summed E-state index contributed by atoms with van der Waals surface area (Å²) in [4.78, 5) is 22.7. The van der Waals surface area contributed by atoms with Crippen LogP contribution in [0.2, 0.25) is 0 Å². The van der Waals surface area contributed by atoms with Crippen LogP contribution in [-0.4, -0.2) is 12.6 Å². The van der Waals surface area contributed by atoms with E-state index in [9.17, 15) is 14.7 Å². The second-order valence-electron chi connectivity index (χ2n) is 5.52. The van der Waals surface area contributed by atoms with Gasteiger partial charge in [-0.3, -0.25) is 0 Å². The maximum atomic E-state index is 12.1. The smallest absolute Gasteiger partial charge is 0.339 e. The number of carboxylic acid groups (broad SMARTS) is 1. The second kappa shape index (κ2) is 5.83. The maximum absolute atomic E-state index is 12.1. The van der Waals surface area contributed by atoms with E-state index in [1.54, 1.807) is 6.07 Å². The van der Waals surface area contributed by atoms with Gasteiger partial charge in [0.25, 0.3) is 0 Å². The van der Waals surface area contributed by atoms with Crippen LogP contribution in [0.25, 0.3) is 11.0 Å². The predicted octanol–water partition coefficient (Wildman–Crippen LogP) is 1.36. The summed E-state index contributed by atoms with van der Waals surface area (Å²) in [6, 6.07) is 3.57. The minimum Gasteiger partial charge on any atom is -0.546 e. The molecule has 1 heterocycles. The van der Waals surface area contributed by atoms with Crippen LogP contribution in [0.15, 0.2) is 21.3 Å². The van der Waals surface area contributed by atoms with Crippen LogP contribution >= 0.6 is 0 Å². The summed E-state index contributed by atoms with van der Waals surface area (Å²) in [5.41, 5.74) is 2.91. The first-order chi connectivity index (χ1) is 10.6. The normalized spacial score (nSPS) is 13.9. The molecule has 2 aromatic rings. The highest BCUT2D eigenvalue weighted by Gasteiger charge is 2.19. The molecule has 0 atom stereocenters. The van der Waals surface area contributed by atoms with E-state index in [0.717, 1.165) is 47.8 Å². The zero-order valence-electron chi connectivity index (χ0n) is 12.4. The Balaban J connectivity index is 2.17. The molecule has 5 nitrogen and oxygen atoms in total. The van der Waals surface area contributed by atoms with Crippen LogP contribution in [0.3, 0.4) is 0 Å². The summed E-state index contributed by atoms with van der Waals surface area (Å²) in [6.45, 7) is 1.45. The third-order valence-corrected chi connectivity index (χ3v) is 4.13. The molecule has 1 aliphatic rings. The minimum absolute atomic E-state index is 0.294. The summed E-state index contributed by atoms with van der Waals surface area (Å²) in [5, 5.41) is 11.5. The molecule has 5 heteroatoms. The number of hydrogen-bond acceptors (Lipinski definition) is 5. The lowest BCUT2D eigenvalue weighted by Crippen LogP contribution is -2.29. The number of fused-ring (bicyclic) bond motifs is 3. The Kier molecular flexibility index (Phi) is 3.88. The topological polar surface area (TPSA) is 79.6 Å². The van der Waals surface area contributed by atoms with E-state index in [1.807, 2.05) is 13.0 Å². The molecule has 0 saturated carbocycles. The van der Waals surface area contributed by atoms with Crippen molar-refractivity contribution in [1.82, 2.24) is 0 Å². The number of carbonyl (C=O) groups excluding carboxylic acids is 1. The van der Waals surface area contributed by atoms with Crippen molar-refractivity contribution in [3.05, 3.63) is 39.2 Å². The zero-order valence-corrected chi connectivity index (χ0v) is 12.4. The van der Waals surface area contributed by atoms with Gasteiger partial charge in [0.05, 0.1) is 5.97 Å². The monoisotopic (exact) mass is 301 g/mol. The van der Waals surface area contributed by atoms with Crippen LogP contribution < -0.4 is 15.5 Å². The van der Waals surface area contributed by atoms with Crippen molar-refractivity contribution in [2.24, 2.45) is 0 Å². The van der Waals surface area contributed by atoms with Gasteiger partial charge in [-0.15, -0.1) is 0 Å². The average molecular weight is 301 g/mol. The standard InChI is InChI=1S/C17H18O5/c1-2-10-7-13-11-5-3-4-6-12(11)17(20)22-15(13)8-14(10)21-9-16(18)19/h7-8H,2-6,9H2,1H3,(H,18,19)/p-1. The summed E-state index contributed by atoms with van der Waals surface area (Å²) < 4.78 is 10.7. The SMILES string of the molecule is CCc1cc2c3c(c(=O)oc2cc1OCC(=O)[O-])CCCC3. The van der Waals surface area contributed by atoms with Crippen molar-refractivity contribution in [2.45, 2.75) is 39.0 Å². The summed E-state index contributed by atoms with van der Waals surface area (Å²) in [6.07, 6.45) is 4.41. The van der Waals surface area contributed by atoms with E-state index in [-0.39, 0.29) is 5.63 Å². The van der Waals surface area contributed by atoms with E-state index in [4.69, 9.17) is 9.15 Å². The lowest BCUT2D eigenvalue weighted by Gasteiger charge is -2.18. The summed E-state index contributed by atoms with van der Waals surface area (Å²) >= 11 is 0. The summed E-state index contributed by atoms with van der Waals surface area (Å²) in [5.74, 6) is -0.854. The molecule has 0 amide bonds. The van der Waals surface area contributed by atoms with Crippen molar-refractivity contribution >= 4 is 16.9 Å². The highest BCUT2D eigenvalue weighted by atomic mass is 16.5. The number of benzene rings is 1. The lowest BCUT2D eigenvalue weighted by atomic mass is 9.90. The zero-order chi connectivity index (χ0) is 15.7. The molecule has 1 aliphatic carbocycles. The third kappa shape index (κ3) is 2.58. The van der Waals surface area contributed by atoms with Gasteiger partial charge in [-0.05, 0) is 49.3 Å². The average Bonchev–Trinajstić information content (AvgIpc) is 2.52. The van der Waals surface area contributed by atoms with Gasteiger partial charge in [-0.25, -0.2) is 4.79 Å². The fourth-order valence-electron chi connectivity index (χ4n) is 3.06. The Morgan fingerprint density at radius 3 is 2.68 bits per heavy atom. The van der Waals surface area contributed by atoms with Crippen LogP contribution in [0.1, 0.15) is 36.5 Å². The van der Waals surface area contributed by atoms with E-state index in [0.29, 0.717) is 17.8 Å². The van der Waals surface area contributed by atoms with Crippen LogP contribution in [0.5, 0.6) is 5.75 Å². The predicted molar refractivity (Wildman–Crippen MR) is 79.0 cm³/mol. The molecular weight excluding hydrogens is 284 g/mol. The molecular formula is C17H17O5-. The van der Waals surface area contributed by atoms with Gasteiger partial charge < -0.3 is 19.1 Å². The Morgan fingerprint density at radius 1 is 1.27 bits per heavy atom. The maximum Gasteiger partial charge on any atom is 0.339 e. The first-order valence-electron chi connectivity index (χ1n) is 7.54. The number of hydrogen-bond donors (Lipinski definition) is 0. The quantitative estimate of drug-likeness (QED) is 0.797. The fraction of sp³-hybridized carbons (Fsp3) is 0.412. The first-order valence-corrected chi connectivity index (χ1v) is 7.54. The Bertz CT molecular complexity index is 788. The van der Waals surface area contributed by atoms with Gasteiger partial charge in [0.2, 0.25) is 0 Å². The molecule has 3 rings (SSSR count). The largest absolute Gasteiger partial charge is 0.546 e. The molecule has 1 aromatic carbocycles. The molecule has 0 aliphatic heterocycles. The number of aryl methyl sites for hydroxylation is 2. The van der Waals surface area contributed by atoms with Gasteiger partial charge in [0, 0.05) is 17.0 Å². The molecule has 0 N–H and O–H groups in total. The minimum atomic E-state index is -1.28. The number of aliphatic carboxylic acids is 1. The van der Waals surface area contributed by atoms with Crippen molar-refractivity contribution < 1.29 is 19.1 Å². The number of carbonyl (C=O) groups is 1. The number of carboxylic acids is 1. The summed E-state index contributed by atoms with van der Waals surface area (Å²) in [7, 11) is 0. The van der Waals surface area contributed by atoms with Crippen molar-refractivity contribution in [1.29, 1.82) is 0 Å².